The van der Waals surface area contributed by atoms with Gasteiger partial charge in [0.25, 0.3) is 5.91 Å². The number of methoxy groups -OCH3 is 2. The molecule has 0 unspecified atom stereocenters. The number of aliphatic imine (C=N–C) groups is 1. The number of amides is 2. The summed E-state index contributed by atoms with van der Waals surface area (Å²) < 4.78 is 23.6. The van der Waals surface area contributed by atoms with Gasteiger partial charge in [0.15, 0.2) is 11.5 Å². The Morgan fingerprint density at radius 3 is 2.74 bits per heavy atom. The number of anilines is 1. The van der Waals surface area contributed by atoms with Crippen LogP contribution in [0.3, 0.4) is 0 Å². The van der Waals surface area contributed by atoms with Gasteiger partial charge < -0.3 is 14.8 Å². The number of carbonyl (C=O) groups is 2. The molecule has 2 amide bonds. The molecule has 0 bridgehead atoms. The fraction of sp³-hybridized carbons (Fsp3) is 0.200. The number of hydrogen-bond donors (Lipinski definition) is 3. The summed E-state index contributed by atoms with van der Waals surface area (Å²) in [4.78, 5) is 28.3. The van der Waals surface area contributed by atoms with Crippen molar-refractivity contribution in [1.29, 1.82) is 0 Å². The normalized spacial score (nSPS) is 15.4. The third-order valence-corrected chi connectivity index (χ3v) is 4.49. The van der Waals surface area contributed by atoms with Crippen LogP contribution in [-0.4, -0.2) is 44.2 Å². The number of benzene rings is 2. The van der Waals surface area contributed by atoms with E-state index in [1.165, 1.54) is 25.5 Å². The number of nitrogens with one attached hydrogen (secondary N) is 3. The maximum atomic E-state index is 13.2. The van der Waals surface area contributed by atoms with E-state index in [-0.39, 0.29) is 17.4 Å². The van der Waals surface area contributed by atoms with Gasteiger partial charge in [-0.25, -0.2) is 14.8 Å². The Morgan fingerprint density at radius 1 is 1.26 bits per heavy atom. The molecule has 2 aromatic rings. The van der Waals surface area contributed by atoms with E-state index >= 15 is 0 Å². The minimum Gasteiger partial charge on any atom is -0.493 e. The van der Waals surface area contributed by atoms with Crippen LogP contribution in [0.2, 0.25) is 5.02 Å². The lowest BCUT2D eigenvalue weighted by Crippen LogP contribution is -2.35. The second-order valence-electron chi connectivity index (χ2n) is 6.35. The number of guanidine groups is 1. The lowest BCUT2D eigenvalue weighted by atomic mass is 10.2. The quantitative estimate of drug-likeness (QED) is 0.445. The molecule has 162 valence electrons. The third kappa shape index (κ3) is 5.70. The fourth-order valence-electron chi connectivity index (χ4n) is 2.70. The van der Waals surface area contributed by atoms with E-state index in [4.69, 9.17) is 21.1 Å². The van der Waals surface area contributed by atoms with Crippen molar-refractivity contribution in [2.24, 2.45) is 10.1 Å². The highest BCUT2D eigenvalue weighted by molar-refractivity contribution is 6.31. The number of hydrazone groups is 1. The number of rotatable bonds is 7. The highest BCUT2D eigenvalue weighted by Gasteiger charge is 2.28. The van der Waals surface area contributed by atoms with Crippen LogP contribution in [0.5, 0.6) is 11.5 Å². The molecule has 0 saturated heterocycles. The van der Waals surface area contributed by atoms with Crippen molar-refractivity contribution in [1.82, 2.24) is 10.7 Å². The largest absolute Gasteiger partial charge is 0.493 e. The maximum absolute atomic E-state index is 13.2. The Labute approximate surface area is 182 Å². The van der Waals surface area contributed by atoms with Crippen LogP contribution in [0.4, 0.5) is 10.1 Å². The number of hydrogen-bond acceptors (Lipinski definition) is 7. The van der Waals surface area contributed by atoms with E-state index in [0.717, 1.165) is 11.6 Å². The Morgan fingerprint density at radius 2 is 2.03 bits per heavy atom. The number of carbonyl (C=O) groups excluding carboxylic acids is 2. The molecule has 0 aromatic heterocycles. The standard InChI is InChI=1S/C20H19ClFN5O4/c1-30-16-6-3-11(7-17(16)31-2)10-23-27-20-25-15(19(29)26-20)9-18(28)24-12-4-5-14(22)13(21)8-12/h3-8,10,15H,9H2,1-2H3,(H,24,28)(H2,25,26,27,29)/b23-10-/t15-/m1/s1. The molecule has 3 N–H and O–H groups in total. The second-order valence-corrected chi connectivity index (χ2v) is 6.76. The molecule has 0 saturated carbocycles. The number of ether oxygens (including phenoxy) is 2. The van der Waals surface area contributed by atoms with Gasteiger partial charge in [-0.3, -0.25) is 14.9 Å². The van der Waals surface area contributed by atoms with Gasteiger partial charge in [0, 0.05) is 5.69 Å². The summed E-state index contributed by atoms with van der Waals surface area (Å²) in [6.45, 7) is 0. The van der Waals surface area contributed by atoms with E-state index in [1.54, 1.807) is 25.3 Å². The van der Waals surface area contributed by atoms with Crippen molar-refractivity contribution in [3.63, 3.8) is 0 Å². The first-order valence-corrected chi connectivity index (χ1v) is 9.42. The van der Waals surface area contributed by atoms with Gasteiger partial charge in [-0.05, 0) is 42.0 Å². The van der Waals surface area contributed by atoms with Crippen molar-refractivity contribution in [2.45, 2.75) is 12.5 Å². The van der Waals surface area contributed by atoms with Gasteiger partial charge in [-0.2, -0.15) is 5.10 Å². The van der Waals surface area contributed by atoms with Crippen LogP contribution in [0.15, 0.2) is 46.5 Å². The van der Waals surface area contributed by atoms with E-state index in [0.29, 0.717) is 17.2 Å². The fourth-order valence-corrected chi connectivity index (χ4v) is 2.89. The van der Waals surface area contributed by atoms with Gasteiger partial charge in [0.05, 0.1) is 31.9 Å². The Bertz CT molecular complexity index is 1060. The minimum atomic E-state index is -0.922. The van der Waals surface area contributed by atoms with E-state index in [9.17, 15) is 14.0 Å². The first kappa shape index (κ1) is 22.0. The molecule has 0 fully saturated rings. The minimum absolute atomic E-state index is 0.115. The van der Waals surface area contributed by atoms with Crippen molar-refractivity contribution < 1.29 is 23.5 Å². The van der Waals surface area contributed by atoms with Crippen molar-refractivity contribution in [3.8, 4) is 11.5 Å². The van der Waals surface area contributed by atoms with Crippen LogP contribution < -0.4 is 25.5 Å². The second kappa shape index (κ2) is 9.90. The van der Waals surface area contributed by atoms with Crippen LogP contribution in [0.1, 0.15) is 12.0 Å². The molecule has 1 aliphatic heterocycles. The lowest BCUT2D eigenvalue weighted by Gasteiger charge is -2.07. The molecule has 3 rings (SSSR count). The summed E-state index contributed by atoms with van der Waals surface area (Å²) in [6, 6.07) is 8.10. The predicted molar refractivity (Wildman–Crippen MR) is 114 cm³/mol. The first-order valence-electron chi connectivity index (χ1n) is 9.04. The molecule has 1 atom stereocenters. The number of nitrogens with zero attached hydrogens (tertiary/aromatic N) is 2. The van der Waals surface area contributed by atoms with E-state index in [2.05, 4.69) is 26.2 Å². The van der Waals surface area contributed by atoms with Gasteiger partial charge in [0.1, 0.15) is 11.9 Å². The molecule has 1 aliphatic rings. The van der Waals surface area contributed by atoms with Crippen molar-refractivity contribution in [2.75, 3.05) is 19.5 Å². The number of halogens is 2. The molecular weight excluding hydrogens is 429 g/mol. The topological polar surface area (TPSA) is 113 Å². The van der Waals surface area contributed by atoms with Gasteiger partial charge in [0.2, 0.25) is 11.9 Å². The van der Waals surface area contributed by atoms with Crippen LogP contribution in [-0.2, 0) is 9.59 Å². The zero-order valence-corrected chi connectivity index (χ0v) is 17.4. The van der Waals surface area contributed by atoms with Crippen molar-refractivity contribution >= 4 is 41.3 Å². The molecule has 9 nitrogen and oxygen atoms in total. The van der Waals surface area contributed by atoms with Gasteiger partial charge in [-0.1, -0.05) is 11.6 Å². The zero-order chi connectivity index (χ0) is 22.4. The monoisotopic (exact) mass is 447 g/mol. The molecular formula is C20H19ClFN5O4. The summed E-state index contributed by atoms with van der Waals surface area (Å²) in [5.74, 6) is -0.263. The summed E-state index contributed by atoms with van der Waals surface area (Å²) in [7, 11) is 3.07. The summed E-state index contributed by atoms with van der Waals surface area (Å²) in [5.41, 5.74) is 3.66. The first-order chi connectivity index (χ1) is 14.9. The highest BCUT2D eigenvalue weighted by Crippen LogP contribution is 2.26. The molecule has 31 heavy (non-hydrogen) atoms. The van der Waals surface area contributed by atoms with Gasteiger partial charge >= 0.3 is 0 Å². The SMILES string of the molecule is COc1ccc(/C=N\NC2=N[C@H](CC(=O)Nc3ccc(F)c(Cl)c3)C(=O)N2)cc1OC. The zero-order valence-electron chi connectivity index (χ0n) is 16.6. The average Bonchev–Trinajstić information content (AvgIpc) is 3.09. The average molecular weight is 448 g/mol. The summed E-state index contributed by atoms with van der Waals surface area (Å²) in [5, 5.41) is 8.96. The molecule has 0 spiro atoms. The smallest absolute Gasteiger partial charge is 0.252 e. The molecule has 11 heteroatoms. The van der Waals surface area contributed by atoms with Crippen molar-refractivity contribution in [3.05, 3.63) is 52.8 Å². The Kier molecular flexibility index (Phi) is 7.03. The molecule has 1 heterocycles. The highest BCUT2D eigenvalue weighted by atomic mass is 35.5. The molecule has 0 radical (unpaired) electrons. The summed E-state index contributed by atoms with van der Waals surface area (Å²) >= 11 is 5.69. The third-order valence-electron chi connectivity index (χ3n) is 4.20. The Balaban J connectivity index is 1.56. The van der Waals surface area contributed by atoms with E-state index in [1.807, 2.05) is 0 Å². The van der Waals surface area contributed by atoms with Gasteiger partial charge in [-0.15, -0.1) is 0 Å². The Hall–Kier alpha value is -3.66. The molecule has 2 aromatic carbocycles. The van der Waals surface area contributed by atoms with Crippen LogP contribution >= 0.6 is 11.6 Å². The maximum Gasteiger partial charge on any atom is 0.252 e. The summed E-state index contributed by atoms with van der Waals surface area (Å²) in [6.07, 6.45) is 1.31. The molecule has 0 aliphatic carbocycles. The van der Waals surface area contributed by atoms with E-state index < -0.39 is 23.7 Å². The lowest BCUT2D eigenvalue weighted by molar-refractivity contribution is -0.123. The predicted octanol–water partition coefficient (Wildman–Crippen LogP) is 2.30. The van der Waals surface area contributed by atoms with Crippen LogP contribution in [0.25, 0.3) is 0 Å². The van der Waals surface area contributed by atoms with Crippen LogP contribution in [0, 0.1) is 5.82 Å².